The predicted molar refractivity (Wildman–Crippen MR) is 75.3 cm³/mol. The van der Waals surface area contributed by atoms with E-state index in [-0.39, 0.29) is 17.4 Å². The van der Waals surface area contributed by atoms with Crippen molar-refractivity contribution >= 4 is 5.91 Å². The molecule has 1 saturated carbocycles. The second kappa shape index (κ2) is 6.53. The van der Waals surface area contributed by atoms with Gasteiger partial charge in [0.2, 0.25) is 5.91 Å². The summed E-state index contributed by atoms with van der Waals surface area (Å²) in [5, 5.41) is 3.17. The number of nitrogens with zero attached hydrogens (tertiary/aromatic N) is 1. The van der Waals surface area contributed by atoms with Crippen LogP contribution in [-0.4, -0.2) is 44.0 Å². The molecule has 18 heavy (non-hydrogen) atoms. The van der Waals surface area contributed by atoms with E-state index in [1.54, 1.807) is 0 Å². The molecule has 0 aliphatic heterocycles. The van der Waals surface area contributed by atoms with Crippen LogP contribution in [0.4, 0.5) is 0 Å². The summed E-state index contributed by atoms with van der Waals surface area (Å²) < 4.78 is 0. The maximum atomic E-state index is 12.1. The van der Waals surface area contributed by atoms with Gasteiger partial charge in [0.05, 0.1) is 0 Å². The Morgan fingerprint density at radius 1 is 1.39 bits per heavy atom. The summed E-state index contributed by atoms with van der Waals surface area (Å²) in [6.07, 6.45) is 4.03. The van der Waals surface area contributed by atoms with Gasteiger partial charge in [-0.25, -0.2) is 0 Å². The van der Waals surface area contributed by atoms with Gasteiger partial charge in [0.1, 0.15) is 0 Å². The van der Waals surface area contributed by atoms with Crippen molar-refractivity contribution in [3.63, 3.8) is 0 Å². The van der Waals surface area contributed by atoms with Crippen LogP contribution in [0, 0.1) is 11.3 Å². The Morgan fingerprint density at radius 2 is 2.00 bits per heavy atom. The van der Waals surface area contributed by atoms with Crippen LogP contribution in [0.1, 0.15) is 39.5 Å². The molecule has 0 aromatic carbocycles. The highest BCUT2D eigenvalue weighted by Gasteiger charge is 2.37. The SMILES string of the molecule is CC(C)C(CN(C)C)NC(=O)CC1(CN)CCC1. The summed E-state index contributed by atoms with van der Waals surface area (Å²) in [4.78, 5) is 14.2. The summed E-state index contributed by atoms with van der Waals surface area (Å²) in [6.45, 7) is 5.83. The van der Waals surface area contributed by atoms with E-state index in [4.69, 9.17) is 5.73 Å². The lowest BCUT2D eigenvalue weighted by Crippen LogP contribution is -2.48. The molecule has 0 aromatic heterocycles. The molecule has 1 aliphatic carbocycles. The molecule has 1 rings (SSSR count). The number of likely N-dealkylation sites (N-methyl/N-ethyl adjacent to an activating group) is 1. The highest BCUT2D eigenvalue weighted by atomic mass is 16.1. The molecule has 1 unspecified atom stereocenters. The standard InChI is InChI=1S/C14H29N3O/c1-11(2)12(9-17(3)4)16-13(18)8-14(10-15)6-5-7-14/h11-12H,5-10,15H2,1-4H3,(H,16,18). The van der Waals surface area contributed by atoms with Gasteiger partial charge in [0.25, 0.3) is 0 Å². The first-order chi connectivity index (χ1) is 8.38. The number of nitrogens with one attached hydrogen (secondary N) is 1. The van der Waals surface area contributed by atoms with E-state index in [0.29, 0.717) is 18.9 Å². The number of hydrogen-bond donors (Lipinski definition) is 2. The second-order valence-corrected chi connectivity index (χ2v) is 6.41. The van der Waals surface area contributed by atoms with Gasteiger partial charge >= 0.3 is 0 Å². The van der Waals surface area contributed by atoms with Crippen LogP contribution in [0.25, 0.3) is 0 Å². The summed E-state index contributed by atoms with van der Waals surface area (Å²) in [6, 6.07) is 0.224. The zero-order valence-corrected chi connectivity index (χ0v) is 12.3. The lowest BCUT2D eigenvalue weighted by molar-refractivity contribution is -0.125. The second-order valence-electron chi connectivity index (χ2n) is 6.41. The largest absolute Gasteiger partial charge is 0.352 e. The van der Waals surface area contributed by atoms with Crippen molar-refractivity contribution < 1.29 is 4.79 Å². The Hall–Kier alpha value is -0.610. The highest BCUT2D eigenvalue weighted by molar-refractivity contribution is 5.77. The van der Waals surface area contributed by atoms with E-state index in [9.17, 15) is 4.79 Å². The summed E-state index contributed by atoms with van der Waals surface area (Å²) in [7, 11) is 4.07. The van der Waals surface area contributed by atoms with Crippen LogP contribution in [0.15, 0.2) is 0 Å². The molecular formula is C14H29N3O. The Labute approximate surface area is 111 Å². The molecule has 0 bridgehead atoms. The fraction of sp³-hybridized carbons (Fsp3) is 0.929. The van der Waals surface area contributed by atoms with E-state index in [2.05, 4.69) is 24.1 Å². The van der Waals surface area contributed by atoms with Crippen molar-refractivity contribution in [1.29, 1.82) is 0 Å². The third kappa shape index (κ3) is 4.25. The molecule has 1 amide bonds. The van der Waals surface area contributed by atoms with Crippen molar-refractivity contribution in [1.82, 2.24) is 10.2 Å². The monoisotopic (exact) mass is 255 g/mol. The Bertz CT molecular complexity index is 267. The summed E-state index contributed by atoms with van der Waals surface area (Å²) in [5.74, 6) is 0.618. The molecule has 0 radical (unpaired) electrons. The molecule has 0 spiro atoms. The van der Waals surface area contributed by atoms with Gasteiger partial charge < -0.3 is 16.0 Å². The first-order valence-corrected chi connectivity index (χ1v) is 7.03. The number of hydrogen-bond acceptors (Lipinski definition) is 3. The van der Waals surface area contributed by atoms with Crippen LogP contribution >= 0.6 is 0 Å². The molecule has 0 saturated heterocycles. The van der Waals surface area contributed by atoms with Gasteiger partial charge in [-0.1, -0.05) is 20.3 Å². The van der Waals surface area contributed by atoms with Crippen LogP contribution in [-0.2, 0) is 4.79 Å². The van der Waals surface area contributed by atoms with E-state index in [1.807, 2.05) is 14.1 Å². The minimum atomic E-state index is 0.101. The van der Waals surface area contributed by atoms with Gasteiger partial charge in [0.15, 0.2) is 0 Å². The predicted octanol–water partition coefficient (Wildman–Crippen LogP) is 1.21. The number of rotatable bonds is 7. The van der Waals surface area contributed by atoms with E-state index >= 15 is 0 Å². The van der Waals surface area contributed by atoms with Crippen LogP contribution < -0.4 is 11.1 Å². The summed E-state index contributed by atoms with van der Waals surface area (Å²) >= 11 is 0. The Morgan fingerprint density at radius 3 is 2.33 bits per heavy atom. The van der Waals surface area contributed by atoms with Gasteiger partial charge in [-0.15, -0.1) is 0 Å². The maximum absolute atomic E-state index is 12.1. The quantitative estimate of drug-likeness (QED) is 0.719. The van der Waals surface area contributed by atoms with Crippen LogP contribution in [0.3, 0.4) is 0 Å². The van der Waals surface area contributed by atoms with Crippen molar-refractivity contribution in [3.8, 4) is 0 Å². The molecule has 0 heterocycles. The summed E-state index contributed by atoms with van der Waals surface area (Å²) in [5.41, 5.74) is 5.90. The third-order valence-electron chi connectivity index (χ3n) is 4.10. The number of nitrogens with two attached hydrogens (primary N) is 1. The maximum Gasteiger partial charge on any atom is 0.220 e. The molecule has 4 nitrogen and oxygen atoms in total. The molecule has 4 heteroatoms. The molecule has 1 atom stereocenters. The van der Waals surface area contributed by atoms with Crippen molar-refractivity contribution in [2.24, 2.45) is 17.1 Å². The third-order valence-corrected chi connectivity index (χ3v) is 4.10. The normalized spacial score (nSPS) is 19.7. The number of carbonyl (C=O) groups is 1. The number of carbonyl (C=O) groups excluding carboxylic acids is 1. The van der Waals surface area contributed by atoms with Crippen molar-refractivity contribution in [2.75, 3.05) is 27.2 Å². The van der Waals surface area contributed by atoms with Crippen molar-refractivity contribution in [3.05, 3.63) is 0 Å². The number of amides is 1. The van der Waals surface area contributed by atoms with Gasteiger partial charge in [0, 0.05) is 19.0 Å². The van der Waals surface area contributed by atoms with E-state index < -0.39 is 0 Å². The first kappa shape index (κ1) is 15.4. The van der Waals surface area contributed by atoms with E-state index in [0.717, 1.165) is 19.4 Å². The van der Waals surface area contributed by atoms with Crippen LogP contribution in [0.2, 0.25) is 0 Å². The van der Waals surface area contributed by atoms with Crippen molar-refractivity contribution in [2.45, 2.75) is 45.6 Å². The zero-order valence-electron chi connectivity index (χ0n) is 12.3. The smallest absolute Gasteiger partial charge is 0.220 e. The van der Waals surface area contributed by atoms with Crippen LogP contribution in [0.5, 0.6) is 0 Å². The average Bonchev–Trinajstić information content (AvgIpc) is 2.21. The highest BCUT2D eigenvalue weighted by Crippen LogP contribution is 2.42. The molecule has 1 aliphatic rings. The zero-order chi connectivity index (χ0) is 13.8. The van der Waals surface area contributed by atoms with Gasteiger partial charge in [-0.3, -0.25) is 4.79 Å². The lowest BCUT2D eigenvalue weighted by Gasteiger charge is -2.41. The Balaban J connectivity index is 2.45. The fourth-order valence-corrected chi connectivity index (χ4v) is 2.54. The first-order valence-electron chi connectivity index (χ1n) is 7.03. The Kier molecular flexibility index (Phi) is 5.60. The van der Waals surface area contributed by atoms with Gasteiger partial charge in [-0.2, -0.15) is 0 Å². The minimum Gasteiger partial charge on any atom is -0.352 e. The molecular weight excluding hydrogens is 226 g/mol. The minimum absolute atomic E-state index is 0.101. The molecule has 3 N–H and O–H groups in total. The topological polar surface area (TPSA) is 58.4 Å². The lowest BCUT2D eigenvalue weighted by atomic mass is 9.66. The molecule has 0 aromatic rings. The van der Waals surface area contributed by atoms with E-state index in [1.165, 1.54) is 6.42 Å². The van der Waals surface area contributed by atoms with Gasteiger partial charge in [-0.05, 0) is 44.8 Å². The molecule has 1 fully saturated rings. The fourth-order valence-electron chi connectivity index (χ4n) is 2.54. The average molecular weight is 255 g/mol. The molecule has 106 valence electrons.